The lowest BCUT2D eigenvalue weighted by Crippen LogP contribution is -2.46. The van der Waals surface area contributed by atoms with Gasteiger partial charge < -0.3 is 4.90 Å². The number of amides is 1. The molecule has 3 heterocycles. The van der Waals surface area contributed by atoms with Crippen molar-refractivity contribution in [2.75, 3.05) is 0 Å². The number of hydrogen-bond acceptors (Lipinski definition) is 3. The minimum absolute atomic E-state index is 0.189. The molecule has 2 atom stereocenters. The molecule has 0 N–H and O–H groups in total. The van der Waals surface area contributed by atoms with Crippen LogP contribution >= 0.6 is 27.3 Å². The molecule has 2 fully saturated rings. The molecule has 1 amide bonds. The van der Waals surface area contributed by atoms with Gasteiger partial charge in [-0.1, -0.05) is 15.9 Å². The van der Waals surface area contributed by atoms with Crippen LogP contribution in [0.3, 0.4) is 0 Å². The fourth-order valence-electron chi connectivity index (χ4n) is 2.89. The average molecular weight is 301 g/mol. The minimum Gasteiger partial charge on any atom is -0.332 e. The van der Waals surface area contributed by atoms with Crippen molar-refractivity contribution in [3.63, 3.8) is 0 Å². The second kappa shape index (κ2) is 4.11. The van der Waals surface area contributed by atoms with E-state index in [1.54, 1.807) is 11.7 Å². The number of piperidine rings is 1. The van der Waals surface area contributed by atoms with Crippen molar-refractivity contribution in [2.45, 2.75) is 42.6 Å². The molecule has 0 radical (unpaired) electrons. The highest BCUT2D eigenvalue weighted by atomic mass is 79.9. The van der Waals surface area contributed by atoms with Gasteiger partial charge in [0, 0.05) is 16.9 Å². The van der Waals surface area contributed by atoms with Crippen molar-refractivity contribution < 1.29 is 4.79 Å². The summed E-state index contributed by atoms with van der Waals surface area (Å²) in [6.07, 6.45) is 6.21. The summed E-state index contributed by atoms with van der Waals surface area (Å²) in [4.78, 5) is 19.8. The first-order valence-corrected chi connectivity index (χ1v) is 7.40. The molecule has 2 aliphatic rings. The van der Waals surface area contributed by atoms with Gasteiger partial charge in [-0.2, -0.15) is 0 Å². The number of fused-ring (bicyclic) bond motifs is 2. The molecule has 1 aromatic rings. The van der Waals surface area contributed by atoms with Gasteiger partial charge in [0.15, 0.2) is 0 Å². The number of halogens is 1. The summed E-state index contributed by atoms with van der Waals surface area (Å²) < 4.78 is 0. The van der Waals surface area contributed by atoms with Gasteiger partial charge in [-0.3, -0.25) is 9.78 Å². The number of carbonyl (C=O) groups is 1. The number of carbonyl (C=O) groups excluding carboxylic acids is 1. The zero-order valence-electron chi connectivity index (χ0n) is 8.80. The lowest BCUT2D eigenvalue weighted by Gasteiger charge is -2.36. The number of nitrogens with zero attached hydrogens (tertiary/aromatic N) is 2. The third-order valence-corrected chi connectivity index (χ3v) is 5.06. The summed E-state index contributed by atoms with van der Waals surface area (Å²) in [6.45, 7) is 0. The Kier molecular flexibility index (Phi) is 2.75. The average Bonchev–Trinajstić information content (AvgIpc) is 2.85. The summed E-state index contributed by atoms with van der Waals surface area (Å²) in [6, 6.07) is 0.885. The summed E-state index contributed by atoms with van der Waals surface area (Å²) in [5, 5.41) is 0. The second-order valence-electron chi connectivity index (χ2n) is 4.53. The van der Waals surface area contributed by atoms with Crippen LogP contribution in [0.1, 0.15) is 35.4 Å². The van der Waals surface area contributed by atoms with E-state index >= 15 is 0 Å². The normalized spacial score (nSPS) is 33.1. The van der Waals surface area contributed by atoms with Gasteiger partial charge in [-0.05, 0) is 25.7 Å². The smallest absolute Gasteiger partial charge is 0.266 e. The molecule has 2 unspecified atom stereocenters. The van der Waals surface area contributed by atoms with E-state index in [1.165, 1.54) is 11.3 Å². The molecule has 0 aliphatic carbocycles. The highest BCUT2D eigenvalue weighted by Crippen LogP contribution is 2.39. The first-order valence-electron chi connectivity index (χ1n) is 5.61. The molecule has 2 saturated heterocycles. The SMILES string of the molecule is O=C(c1cncs1)N1C2CCC1CC(Br)C2. The molecule has 0 spiro atoms. The Morgan fingerprint density at radius 2 is 2.12 bits per heavy atom. The van der Waals surface area contributed by atoms with Crippen molar-refractivity contribution in [1.82, 2.24) is 9.88 Å². The second-order valence-corrected chi connectivity index (χ2v) is 6.71. The lowest BCUT2D eigenvalue weighted by atomic mass is 10.0. The Labute approximate surface area is 107 Å². The number of rotatable bonds is 1. The Bertz CT molecular complexity index is 381. The first-order chi connectivity index (χ1) is 7.75. The van der Waals surface area contributed by atoms with Crippen molar-refractivity contribution >= 4 is 33.2 Å². The van der Waals surface area contributed by atoms with Gasteiger partial charge in [0.25, 0.3) is 5.91 Å². The summed E-state index contributed by atoms with van der Waals surface area (Å²) in [5.74, 6) is 0.189. The Hall–Kier alpha value is -0.420. The zero-order chi connectivity index (χ0) is 11.1. The molecule has 16 heavy (non-hydrogen) atoms. The minimum atomic E-state index is 0.189. The molecule has 0 saturated carbocycles. The summed E-state index contributed by atoms with van der Waals surface area (Å²) >= 11 is 5.13. The molecular weight excluding hydrogens is 288 g/mol. The molecule has 2 aliphatic heterocycles. The van der Waals surface area contributed by atoms with E-state index in [9.17, 15) is 4.79 Å². The van der Waals surface area contributed by atoms with Crippen LogP contribution in [0.2, 0.25) is 0 Å². The maximum atomic E-state index is 12.3. The van der Waals surface area contributed by atoms with Crippen LogP contribution in [0.4, 0.5) is 0 Å². The molecule has 5 heteroatoms. The van der Waals surface area contributed by atoms with Gasteiger partial charge in [0.1, 0.15) is 4.88 Å². The molecule has 0 aromatic carbocycles. The monoisotopic (exact) mass is 300 g/mol. The number of alkyl halides is 1. The summed E-state index contributed by atoms with van der Waals surface area (Å²) in [5.41, 5.74) is 1.73. The largest absolute Gasteiger partial charge is 0.332 e. The van der Waals surface area contributed by atoms with Gasteiger partial charge in [0.05, 0.1) is 11.7 Å². The zero-order valence-corrected chi connectivity index (χ0v) is 11.2. The molecule has 3 nitrogen and oxygen atoms in total. The van der Waals surface area contributed by atoms with Crippen LogP contribution in [-0.4, -0.2) is 32.7 Å². The van der Waals surface area contributed by atoms with Crippen molar-refractivity contribution in [3.8, 4) is 0 Å². The van der Waals surface area contributed by atoms with E-state index in [2.05, 4.69) is 25.8 Å². The quantitative estimate of drug-likeness (QED) is 0.747. The first kappa shape index (κ1) is 10.7. The van der Waals surface area contributed by atoms with Crippen LogP contribution < -0.4 is 0 Å². The predicted octanol–water partition coefficient (Wildman–Crippen LogP) is 2.67. The van der Waals surface area contributed by atoms with Gasteiger partial charge in [-0.25, -0.2) is 0 Å². The third kappa shape index (κ3) is 1.70. The highest BCUT2D eigenvalue weighted by Gasteiger charge is 2.42. The molecule has 2 bridgehead atoms. The molecule has 1 aromatic heterocycles. The van der Waals surface area contributed by atoms with Crippen molar-refractivity contribution in [3.05, 3.63) is 16.6 Å². The van der Waals surface area contributed by atoms with E-state index in [-0.39, 0.29) is 5.91 Å². The molecular formula is C11H13BrN2OS. The van der Waals surface area contributed by atoms with Gasteiger partial charge in [0.2, 0.25) is 0 Å². The number of aromatic nitrogens is 1. The summed E-state index contributed by atoms with van der Waals surface area (Å²) in [7, 11) is 0. The molecule has 3 rings (SSSR count). The topological polar surface area (TPSA) is 33.2 Å². The lowest BCUT2D eigenvalue weighted by molar-refractivity contribution is 0.0608. The Morgan fingerprint density at radius 1 is 1.44 bits per heavy atom. The van der Waals surface area contributed by atoms with Gasteiger partial charge in [-0.15, -0.1) is 11.3 Å². The predicted molar refractivity (Wildman–Crippen MR) is 67.0 cm³/mol. The fourth-order valence-corrected chi connectivity index (χ4v) is 4.32. The van der Waals surface area contributed by atoms with E-state index in [0.717, 1.165) is 30.6 Å². The van der Waals surface area contributed by atoms with Crippen molar-refractivity contribution in [1.29, 1.82) is 0 Å². The maximum absolute atomic E-state index is 12.3. The standard InChI is InChI=1S/C11H13BrN2OS/c12-7-3-8-1-2-9(4-7)14(8)11(15)10-5-13-6-16-10/h5-9H,1-4H2. The van der Waals surface area contributed by atoms with Crippen LogP contribution in [0.25, 0.3) is 0 Å². The van der Waals surface area contributed by atoms with Crippen LogP contribution in [0.5, 0.6) is 0 Å². The Balaban J connectivity index is 1.84. The van der Waals surface area contributed by atoms with E-state index in [0.29, 0.717) is 16.9 Å². The van der Waals surface area contributed by atoms with Crippen LogP contribution in [-0.2, 0) is 0 Å². The van der Waals surface area contributed by atoms with Gasteiger partial charge >= 0.3 is 0 Å². The van der Waals surface area contributed by atoms with E-state index < -0.39 is 0 Å². The van der Waals surface area contributed by atoms with Crippen LogP contribution in [0.15, 0.2) is 11.7 Å². The fraction of sp³-hybridized carbons (Fsp3) is 0.636. The third-order valence-electron chi connectivity index (χ3n) is 3.55. The number of thiazole rings is 1. The van der Waals surface area contributed by atoms with Crippen molar-refractivity contribution in [2.24, 2.45) is 0 Å². The maximum Gasteiger partial charge on any atom is 0.266 e. The highest BCUT2D eigenvalue weighted by molar-refractivity contribution is 9.09. The number of hydrogen-bond donors (Lipinski definition) is 0. The molecule has 86 valence electrons. The Morgan fingerprint density at radius 3 is 2.69 bits per heavy atom. The van der Waals surface area contributed by atoms with E-state index in [1.807, 2.05) is 0 Å². The van der Waals surface area contributed by atoms with E-state index in [4.69, 9.17) is 0 Å². The van der Waals surface area contributed by atoms with Crippen LogP contribution in [0, 0.1) is 0 Å².